The quantitative estimate of drug-likeness (QED) is 0.728. The van der Waals surface area contributed by atoms with E-state index in [2.05, 4.69) is 24.5 Å². The zero-order valence-corrected chi connectivity index (χ0v) is 10.0. The SMILES string of the molecule is CCC(C)NC(=O)CCC1CCCNC1. The van der Waals surface area contributed by atoms with Crippen molar-refractivity contribution in [2.75, 3.05) is 13.1 Å². The Labute approximate surface area is 93.0 Å². The van der Waals surface area contributed by atoms with Crippen LogP contribution in [0.4, 0.5) is 0 Å². The van der Waals surface area contributed by atoms with Crippen LogP contribution in [0.15, 0.2) is 0 Å². The highest BCUT2D eigenvalue weighted by Crippen LogP contribution is 2.15. The fourth-order valence-corrected chi connectivity index (χ4v) is 1.95. The molecule has 3 nitrogen and oxygen atoms in total. The lowest BCUT2D eigenvalue weighted by atomic mass is 9.94. The first-order valence-electron chi connectivity index (χ1n) is 6.22. The van der Waals surface area contributed by atoms with Crippen LogP contribution in [-0.4, -0.2) is 25.0 Å². The normalized spacial score (nSPS) is 23.5. The van der Waals surface area contributed by atoms with Gasteiger partial charge in [0.15, 0.2) is 0 Å². The lowest BCUT2D eigenvalue weighted by Gasteiger charge is -2.22. The number of hydrogen-bond acceptors (Lipinski definition) is 2. The van der Waals surface area contributed by atoms with E-state index >= 15 is 0 Å². The molecular weight excluding hydrogens is 188 g/mol. The number of rotatable bonds is 5. The van der Waals surface area contributed by atoms with E-state index in [1.54, 1.807) is 0 Å². The van der Waals surface area contributed by atoms with E-state index < -0.39 is 0 Å². The Hall–Kier alpha value is -0.570. The second-order valence-electron chi connectivity index (χ2n) is 4.63. The molecule has 1 fully saturated rings. The van der Waals surface area contributed by atoms with Gasteiger partial charge in [-0.2, -0.15) is 0 Å². The summed E-state index contributed by atoms with van der Waals surface area (Å²) in [4.78, 5) is 11.5. The predicted octanol–water partition coefficient (Wildman–Crippen LogP) is 1.68. The van der Waals surface area contributed by atoms with Crippen LogP contribution in [0.25, 0.3) is 0 Å². The van der Waals surface area contributed by atoms with Crippen molar-refractivity contribution in [3.63, 3.8) is 0 Å². The molecule has 1 heterocycles. The minimum Gasteiger partial charge on any atom is -0.354 e. The molecule has 0 aromatic heterocycles. The molecule has 3 heteroatoms. The highest BCUT2D eigenvalue weighted by molar-refractivity contribution is 5.76. The molecule has 1 aliphatic heterocycles. The Morgan fingerprint density at radius 3 is 3.00 bits per heavy atom. The van der Waals surface area contributed by atoms with E-state index in [9.17, 15) is 4.79 Å². The molecule has 0 aromatic rings. The minimum atomic E-state index is 0.218. The highest BCUT2D eigenvalue weighted by Gasteiger charge is 2.14. The smallest absolute Gasteiger partial charge is 0.220 e. The van der Waals surface area contributed by atoms with Crippen molar-refractivity contribution < 1.29 is 4.79 Å². The van der Waals surface area contributed by atoms with Gasteiger partial charge in [-0.05, 0) is 51.6 Å². The van der Waals surface area contributed by atoms with E-state index in [0.717, 1.165) is 25.9 Å². The van der Waals surface area contributed by atoms with Gasteiger partial charge in [0.1, 0.15) is 0 Å². The molecule has 0 aliphatic carbocycles. The molecule has 1 aliphatic rings. The summed E-state index contributed by atoms with van der Waals surface area (Å²) in [5.41, 5.74) is 0. The van der Waals surface area contributed by atoms with Gasteiger partial charge in [-0.1, -0.05) is 6.92 Å². The lowest BCUT2D eigenvalue weighted by molar-refractivity contribution is -0.122. The van der Waals surface area contributed by atoms with Crippen molar-refractivity contribution >= 4 is 5.91 Å². The highest BCUT2D eigenvalue weighted by atomic mass is 16.1. The average molecular weight is 212 g/mol. The molecule has 2 atom stereocenters. The molecule has 0 bridgehead atoms. The lowest BCUT2D eigenvalue weighted by Crippen LogP contribution is -2.34. The summed E-state index contributed by atoms with van der Waals surface area (Å²) >= 11 is 0. The summed E-state index contributed by atoms with van der Waals surface area (Å²) in [6.45, 7) is 6.39. The van der Waals surface area contributed by atoms with Crippen LogP contribution in [0, 0.1) is 5.92 Å². The molecule has 88 valence electrons. The molecule has 0 aromatic carbocycles. The van der Waals surface area contributed by atoms with Gasteiger partial charge in [-0.15, -0.1) is 0 Å². The van der Waals surface area contributed by atoms with E-state index in [1.165, 1.54) is 12.8 Å². The van der Waals surface area contributed by atoms with Crippen molar-refractivity contribution in [1.82, 2.24) is 10.6 Å². The number of amides is 1. The number of nitrogens with one attached hydrogen (secondary N) is 2. The van der Waals surface area contributed by atoms with Crippen molar-refractivity contribution in [3.05, 3.63) is 0 Å². The molecule has 15 heavy (non-hydrogen) atoms. The van der Waals surface area contributed by atoms with Gasteiger partial charge < -0.3 is 10.6 Å². The van der Waals surface area contributed by atoms with E-state index in [-0.39, 0.29) is 5.91 Å². The fourth-order valence-electron chi connectivity index (χ4n) is 1.95. The first-order chi connectivity index (χ1) is 7.22. The van der Waals surface area contributed by atoms with Gasteiger partial charge in [0, 0.05) is 12.5 Å². The maximum atomic E-state index is 11.5. The van der Waals surface area contributed by atoms with E-state index in [0.29, 0.717) is 18.4 Å². The number of hydrogen-bond donors (Lipinski definition) is 2. The zero-order chi connectivity index (χ0) is 11.1. The van der Waals surface area contributed by atoms with Crippen LogP contribution in [0.2, 0.25) is 0 Å². The third kappa shape index (κ3) is 5.17. The molecule has 2 N–H and O–H groups in total. The van der Waals surface area contributed by atoms with Crippen molar-refractivity contribution in [1.29, 1.82) is 0 Å². The summed E-state index contributed by atoms with van der Waals surface area (Å²) < 4.78 is 0. The van der Waals surface area contributed by atoms with Crippen LogP contribution in [0.3, 0.4) is 0 Å². The first kappa shape index (κ1) is 12.5. The summed E-state index contributed by atoms with van der Waals surface area (Å²) in [6, 6.07) is 0.321. The van der Waals surface area contributed by atoms with Gasteiger partial charge in [-0.25, -0.2) is 0 Å². The summed E-state index contributed by atoms with van der Waals surface area (Å²) in [7, 11) is 0. The largest absolute Gasteiger partial charge is 0.354 e. The topological polar surface area (TPSA) is 41.1 Å². The van der Waals surface area contributed by atoms with Gasteiger partial charge >= 0.3 is 0 Å². The van der Waals surface area contributed by atoms with Crippen molar-refractivity contribution in [2.24, 2.45) is 5.92 Å². The van der Waals surface area contributed by atoms with Gasteiger partial charge in [0.25, 0.3) is 0 Å². The van der Waals surface area contributed by atoms with Crippen LogP contribution >= 0.6 is 0 Å². The number of carbonyl (C=O) groups is 1. The Kier molecular flexibility index (Phi) is 5.69. The van der Waals surface area contributed by atoms with Crippen LogP contribution in [0.1, 0.15) is 46.0 Å². The Bertz CT molecular complexity index is 188. The Morgan fingerprint density at radius 1 is 1.60 bits per heavy atom. The van der Waals surface area contributed by atoms with Crippen LogP contribution in [0.5, 0.6) is 0 Å². The Balaban J connectivity index is 2.10. The minimum absolute atomic E-state index is 0.218. The average Bonchev–Trinajstić information content (AvgIpc) is 2.27. The molecule has 0 spiro atoms. The molecule has 2 unspecified atom stereocenters. The summed E-state index contributed by atoms with van der Waals surface area (Å²) in [6.07, 6.45) is 5.28. The third-order valence-electron chi connectivity index (χ3n) is 3.20. The third-order valence-corrected chi connectivity index (χ3v) is 3.20. The predicted molar refractivity (Wildman–Crippen MR) is 62.7 cm³/mol. The second-order valence-corrected chi connectivity index (χ2v) is 4.63. The first-order valence-corrected chi connectivity index (χ1v) is 6.22. The maximum Gasteiger partial charge on any atom is 0.220 e. The zero-order valence-electron chi connectivity index (χ0n) is 10.0. The van der Waals surface area contributed by atoms with Gasteiger partial charge in [-0.3, -0.25) is 4.79 Å². The maximum absolute atomic E-state index is 11.5. The molecule has 1 rings (SSSR count). The van der Waals surface area contributed by atoms with E-state index in [1.807, 2.05) is 0 Å². The fraction of sp³-hybridized carbons (Fsp3) is 0.917. The molecule has 1 saturated heterocycles. The molecular formula is C12H24N2O. The van der Waals surface area contributed by atoms with Crippen molar-refractivity contribution in [3.8, 4) is 0 Å². The number of carbonyl (C=O) groups excluding carboxylic acids is 1. The Morgan fingerprint density at radius 2 is 2.40 bits per heavy atom. The number of piperidine rings is 1. The standard InChI is InChI=1S/C12H24N2O/c1-3-10(2)14-12(15)7-6-11-5-4-8-13-9-11/h10-11,13H,3-9H2,1-2H3,(H,14,15). The summed E-state index contributed by atoms with van der Waals surface area (Å²) in [5.74, 6) is 0.927. The second kappa shape index (κ2) is 6.83. The van der Waals surface area contributed by atoms with Gasteiger partial charge in [0.05, 0.1) is 0 Å². The summed E-state index contributed by atoms with van der Waals surface area (Å²) in [5, 5.41) is 6.39. The van der Waals surface area contributed by atoms with Gasteiger partial charge in [0.2, 0.25) is 5.91 Å². The van der Waals surface area contributed by atoms with Crippen LogP contribution < -0.4 is 10.6 Å². The monoisotopic (exact) mass is 212 g/mol. The molecule has 0 radical (unpaired) electrons. The van der Waals surface area contributed by atoms with E-state index in [4.69, 9.17) is 0 Å². The van der Waals surface area contributed by atoms with Crippen molar-refractivity contribution in [2.45, 2.75) is 52.0 Å². The van der Waals surface area contributed by atoms with Crippen LogP contribution in [-0.2, 0) is 4.79 Å². The molecule has 1 amide bonds. The molecule has 0 saturated carbocycles.